The molecule has 14 heavy (non-hydrogen) atoms. The first kappa shape index (κ1) is 13.9. The molecule has 1 N–H and O–H groups in total. The van der Waals surface area contributed by atoms with Crippen LogP contribution >= 0.6 is 0 Å². The molecule has 0 aromatic rings. The highest BCUT2D eigenvalue weighted by molar-refractivity contribution is 4.78. The number of rotatable bonds is 7. The van der Waals surface area contributed by atoms with Crippen LogP contribution in [0.4, 0.5) is 0 Å². The molecule has 3 nitrogen and oxygen atoms in total. The lowest BCUT2D eigenvalue weighted by molar-refractivity contribution is -0.278. The van der Waals surface area contributed by atoms with Gasteiger partial charge in [0.2, 0.25) is 0 Å². The Morgan fingerprint density at radius 3 is 1.86 bits per heavy atom. The summed E-state index contributed by atoms with van der Waals surface area (Å²) in [6, 6.07) is 0. The average molecular weight is 204 g/mol. The van der Waals surface area contributed by atoms with Crippen molar-refractivity contribution in [2.45, 2.75) is 52.9 Å². The second kappa shape index (κ2) is 6.38. The fraction of sp³-hybridized carbons (Fsp3) is 1.00. The fourth-order valence-corrected chi connectivity index (χ4v) is 1.53. The lowest BCUT2D eigenvalue weighted by Crippen LogP contribution is -2.48. The third kappa shape index (κ3) is 3.56. The smallest absolute Gasteiger partial charge is 0.191 e. The Bertz CT molecular complexity index is 141. The summed E-state index contributed by atoms with van der Waals surface area (Å²) in [5.74, 6) is -0.683. The van der Waals surface area contributed by atoms with Crippen LogP contribution in [0.2, 0.25) is 0 Å². The van der Waals surface area contributed by atoms with Gasteiger partial charge in [-0.25, -0.2) is 0 Å². The fourth-order valence-electron chi connectivity index (χ4n) is 1.53. The quantitative estimate of drug-likeness (QED) is 0.646. The third-order valence-electron chi connectivity index (χ3n) is 2.58. The van der Waals surface area contributed by atoms with Crippen LogP contribution < -0.4 is 0 Å². The second-order valence-corrected chi connectivity index (χ2v) is 3.71. The first-order valence-electron chi connectivity index (χ1n) is 5.47. The van der Waals surface area contributed by atoms with Crippen molar-refractivity contribution in [2.75, 3.05) is 13.2 Å². The van der Waals surface area contributed by atoms with Crippen molar-refractivity contribution in [1.29, 1.82) is 0 Å². The molecule has 0 spiro atoms. The zero-order valence-electron chi connectivity index (χ0n) is 10.0. The SMILES string of the molecule is CCOC(C)(OCC)C(O)C(C)CC. The van der Waals surface area contributed by atoms with Gasteiger partial charge in [-0.3, -0.25) is 0 Å². The molecule has 0 aromatic carbocycles. The second-order valence-electron chi connectivity index (χ2n) is 3.71. The van der Waals surface area contributed by atoms with E-state index in [0.29, 0.717) is 13.2 Å². The van der Waals surface area contributed by atoms with E-state index >= 15 is 0 Å². The van der Waals surface area contributed by atoms with E-state index in [0.717, 1.165) is 6.42 Å². The summed E-state index contributed by atoms with van der Waals surface area (Å²) >= 11 is 0. The third-order valence-corrected chi connectivity index (χ3v) is 2.58. The molecule has 0 aliphatic rings. The summed E-state index contributed by atoms with van der Waals surface area (Å²) in [6.45, 7) is 10.7. The molecule has 0 saturated carbocycles. The molecule has 0 heterocycles. The van der Waals surface area contributed by atoms with Crippen LogP contribution in [-0.2, 0) is 9.47 Å². The monoisotopic (exact) mass is 204 g/mol. The van der Waals surface area contributed by atoms with Crippen LogP contribution in [-0.4, -0.2) is 30.2 Å². The van der Waals surface area contributed by atoms with Gasteiger partial charge in [-0.05, 0) is 26.7 Å². The highest BCUT2D eigenvalue weighted by Crippen LogP contribution is 2.25. The lowest BCUT2D eigenvalue weighted by Gasteiger charge is -2.36. The van der Waals surface area contributed by atoms with Gasteiger partial charge in [0.15, 0.2) is 5.79 Å². The van der Waals surface area contributed by atoms with Crippen molar-refractivity contribution in [3.05, 3.63) is 0 Å². The predicted molar refractivity (Wildman–Crippen MR) is 57.1 cm³/mol. The highest BCUT2D eigenvalue weighted by Gasteiger charge is 2.37. The van der Waals surface area contributed by atoms with E-state index < -0.39 is 11.9 Å². The van der Waals surface area contributed by atoms with E-state index in [1.807, 2.05) is 27.7 Å². The Kier molecular flexibility index (Phi) is 6.33. The summed E-state index contributed by atoms with van der Waals surface area (Å²) in [7, 11) is 0. The molecule has 0 bridgehead atoms. The first-order chi connectivity index (χ1) is 6.51. The van der Waals surface area contributed by atoms with Crippen molar-refractivity contribution < 1.29 is 14.6 Å². The van der Waals surface area contributed by atoms with Gasteiger partial charge in [0.05, 0.1) is 0 Å². The van der Waals surface area contributed by atoms with Crippen molar-refractivity contribution in [3.8, 4) is 0 Å². The molecule has 0 fully saturated rings. The lowest BCUT2D eigenvalue weighted by atomic mass is 9.95. The normalized spacial score (nSPS) is 16.7. The van der Waals surface area contributed by atoms with Crippen molar-refractivity contribution in [3.63, 3.8) is 0 Å². The minimum absolute atomic E-state index is 0.179. The van der Waals surface area contributed by atoms with Gasteiger partial charge < -0.3 is 14.6 Å². The maximum Gasteiger partial charge on any atom is 0.191 e. The van der Waals surface area contributed by atoms with E-state index in [1.165, 1.54) is 0 Å². The molecule has 0 saturated heterocycles. The standard InChI is InChI=1S/C11H24O3/c1-6-9(4)10(12)11(5,13-7-2)14-8-3/h9-10,12H,6-8H2,1-5H3. The Morgan fingerprint density at radius 2 is 1.57 bits per heavy atom. The molecule has 0 aromatic heterocycles. The van der Waals surface area contributed by atoms with Crippen molar-refractivity contribution >= 4 is 0 Å². The van der Waals surface area contributed by atoms with Gasteiger partial charge >= 0.3 is 0 Å². The molecular weight excluding hydrogens is 180 g/mol. The zero-order valence-corrected chi connectivity index (χ0v) is 10.0. The highest BCUT2D eigenvalue weighted by atomic mass is 16.7. The molecule has 0 aliphatic heterocycles. The summed E-state index contributed by atoms with van der Waals surface area (Å²) in [6.07, 6.45) is 0.337. The van der Waals surface area contributed by atoms with Gasteiger partial charge in [-0.15, -0.1) is 0 Å². The topological polar surface area (TPSA) is 38.7 Å². The van der Waals surface area contributed by atoms with Gasteiger partial charge in [0.25, 0.3) is 0 Å². The molecule has 0 aliphatic carbocycles. The van der Waals surface area contributed by atoms with Gasteiger partial charge in [-0.2, -0.15) is 0 Å². The van der Waals surface area contributed by atoms with Crippen LogP contribution in [0.1, 0.15) is 41.0 Å². The van der Waals surface area contributed by atoms with Crippen LogP contribution in [0.5, 0.6) is 0 Å². The van der Waals surface area contributed by atoms with E-state index in [-0.39, 0.29) is 5.92 Å². The number of hydrogen-bond acceptors (Lipinski definition) is 3. The molecule has 3 heteroatoms. The first-order valence-corrected chi connectivity index (χ1v) is 5.47. The van der Waals surface area contributed by atoms with Crippen LogP contribution in [0.15, 0.2) is 0 Å². The Balaban J connectivity index is 4.44. The number of aliphatic hydroxyl groups is 1. The minimum atomic E-state index is -0.862. The van der Waals surface area contributed by atoms with Gasteiger partial charge in [0.1, 0.15) is 6.10 Å². The van der Waals surface area contributed by atoms with Gasteiger partial charge in [0, 0.05) is 13.2 Å². The average Bonchev–Trinajstić information content (AvgIpc) is 2.16. The van der Waals surface area contributed by atoms with Crippen LogP contribution in [0.3, 0.4) is 0 Å². The number of ether oxygens (including phenoxy) is 2. The maximum absolute atomic E-state index is 10.0. The van der Waals surface area contributed by atoms with Crippen LogP contribution in [0.25, 0.3) is 0 Å². The van der Waals surface area contributed by atoms with Crippen LogP contribution in [0, 0.1) is 5.92 Å². The minimum Gasteiger partial charge on any atom is -0.387 e. The largest absolute Gasteiger partial charge is 0.387 e. The zero-order chi connectivity index (χ0) is 11.2. The summed E-state index contributed by atoms with van der Waals surface area (Å²) in [4.78, 5) is 0. The summed E-state index contributed by atoms with van der Waals surface area (Å²) < 4.78 is 11.0. The summed E-state index contributed by atoms with van der Waals surface area (Å²) in [5, 5.41) is 10.0. The predicted octanol–water partition coefficient (Wildman–Crippen LogP) is 2.18. The Labute approximate surface area is 87.4 Å². The van der Waals surface area contributed by atoms with E-state index in [4.69, 9.17) is 9.47 Å². The van der Waals surface area contributed by atoms with Crippen molar-refractivity contribution in [1.82, 2.24) is 0 Å². The molecule has 2 unspecified atom stereocenters. The Hall–Kier alpha value is -0.120. The van der Waals surface area contributed by atoms with Gasteiger partial charge in [-0.1, -0.05) is 20.3 Å². The number of aliphatic hydroxyl groups excluding tert-OH is 1. The van der Waals surface area contributed by atoms with Crippen molar-refractivity contribution in [2.24, 2.45) is 5.92 Å². The Morgan fingerprint density at radius 1 is 1.14 bits per heavy atom. The molecule has 86 valence electrons. The van der Waals surface area contributed by atoms with E-state index in [1.54, 1.807) is 6.92 Å². The molecule has 2 atom stereocenters. The van der Waals surface area contributed by atoms with E-state index in [2.05, 4.69) is 0 Å². The molecular formula is C11H24O3. The molecule has 0 radical (unpaired) electrons. The number of hydrogen-bond donors (Lipinski definition) is 1. The maximum atomic E-state index is 10.0. The van der Waals surface area contributed by atoms with E-state index in [9.17, 15) is 5.11 Å². The summed E-state index contributed by atoms with van der Waals surface area (Å²) in [5.41, 5.74) is 0. The molecule has 0 amide bonds. The molecule has 0 rings (SSSR count).